The summed E-state index contributed by atoms with van der Waals surface area (Å²) in [5, 5.41) is 12.3. The number of thiazole rings is 1. The van der Waals surface area contributed by atoms with E-state index in [0.717, 1.165) is 21.8 Å². The molecule has 0 aliphatic heterocycles. The van der Waals surface area contributed by atoms with Crippen molar-refractivity contribution in [2.45, 2.75) is 6.54 Å². The van der Waals surface area contributed by atoms with Crippen LogP contribution >= 0.6 is 11.3 Å². The van der Waals surface area contributed by atoms with Crippen LogP contribution in [-0.4, -0.2) is 36.2 Å². The van der Waals surface area contributed by atoms with Gasteiger partial charge in [0.1, 0.15) is 11.6 Å². The summed E-state index contributed by atoms with van der Waals surface area (Å²) in [5.41, 5.74) is 1.26. The van der Waals surface area contributed by atoms with Crippen LogP contribution in [0, 0.1) is 5.82 Å². The maximum absolute atomic E-state index is 13.9. The molecule has 0 radical (unpaired) electrons. The largest absolute Gasteiger partial charge is 0.497 e. The highest BCUT2D eigenvalue weighted by atomic mass is 32.1. The third-order valence-electron chi connectivity index (χ3n) is 4.18. The number of halogens is 1. The monoisotopic (exact) mass is 415 g/mol. The normalized spacial score (nSPS) is 10.4. The van der Waals surface area contributed by atoms with Crippen LogP contribution in [0.3, 0.4) is 0 Å². The first-order valence-corrected chi connectivity index (χ1v) is 9.35. The van der Waals surface area contributed by atoms with E-state index in [1.807, 2.05) is 0 Å². The van der Waals surface area contributed by atoms with Gasteiger partial charge in [0.2, 0.25) is 0 Å². The second kappa shape index (κ2) is 8.70. The van der Waals surface area contributed by atoms with Gasteiger partial charge in [0.05, 0.1) is 24.1 Å². The summed E-state index contributed by atoms with van der Waals surface area (Å²) in [6, 6.07) is 11.2. The molecular formula is C20H18FN3O4S. The van der Waals surface area contributed by atoms with Crippen molar-refractivity contribution < 1.29 is 23.8 Å². The summed E-state index contributed by atoms with van der Waals surface area (Å²) in [7, 11) is 2.98. The lowest BCUT2D eigenvalue weighted by atomic mass is 10.1. The van der Waals surface area contributed by atoms with Gasteiger partial charge in [-0.25, -0.2) is 19.1 Å². The zero-order valence-electron chi connectivity index (χ0n) is 15.7. The SMILES string of the molecule is CNC(=O)c1cc(-c2cnc(N(Cc3ccc(OC)cc3)C(=O)O)s2)ccc1F. The van der Waals surface area contributed by atoms with E-state index >= 15 is 0 Å². The van der Waals surface area contributed by atoms with Crippen molar-refractivity contribution in [2.24, 2.45) is 0 Å². The van der Waals surface area contributed by atoms with Gasteiger partial charge in [-0.1, -0.05) is 29.5 Å². The molecule has 7 nitrogen and oxygen atoms in total. The molecule has 0 saturated carbocycles. The van der Waals surface area contributed by atoms with E-state index in [9.17, 15) is 19.1 Å². The summed E-state index contributed by atoms with van der Waals surface area (Å²) in [4.78, 5) is 29.5. The minimum absolute atomic E-state index is 0.0896. The van der Waals surface area contributed by atoms with Crippen LogP contribution in [0.25, 0.3) is 10.4 Å². The number of carboxylic acid groups (broad SMARTS) is 1. The fourth-order valence-electron chi connectivity index (χ4n) is 2.64. The first-order valence-electron chi connectivity index (χ1n) is 8.54. The molecular weight excluding hydrogens is 397 g/mol. The van der Waals surface area contributed by atoms with Crippen molar-refractivity contribution in [3.05, 3.63) is 65.6 Å². The molecule has 1 heterocycles. The van der Waals surface area contributed by atoms with E-state index in [4.69, 9.17) is 4.74 Å². The van der Waals surface area contributed by atoms with Crippen molar-refractivity contribution in [3.8, 4) is 16.2 Å². The topological polar surface area (TPSA) is 91.8 Å². The second-order valence-electron chi connectivity index (χ2n) is 6.00. The summed E-state index contributed by atoms with van der Waals surface area (Å²) >= 11 is 1.14. The fraction of sp³-hybridized carbons (Fsp3) is 0.150. The molecule has 1 aromatic heterocycles. The van der Waals surface area contributed by atoms with E-state index in [2.05, 4.69) is 10.3 Å². The Balaban J connectivity index is 1.88. The van der Waals surface area contributed by atoms with Gasteiger partial charge in [-0.15, -0.1) is 0 Å². The number of carbonyl (C=O) groups excluding carboxylic acids is 1. The molecule has 0 fully saturated rings. The molecule has 29 heavy (non-hydrogen) atoms. The van der Waals surface area contributed by atoms with Crippen LogP contribution in [0.1, 0.15) is 15.9 Å². The van der Waals surface area contributed by atoms with Gasteiger partial charge in [0, 0.05) is 13.2 Å². The van der Waals surface area contributed by atoms with E-state index in [1.165, 1.54) is 31.4 Å². The highest BCUT2D eigenvalue weighted by Gasteiger charge is 2.20. The Kier molecular flexibility index (Phi) is 6.08. The van der Waals surface area contributed by atoms with Crippen molar-refractivity contribution in [1.29, 1.82) is 0 Å². The molecule has 2 amide bonds. The average molecular weight is 415 g/mol. The Morgan fingerprint density at radius 1 is 1.24 bits per heavy atom. The molecule has 3 aromatic rings. The zero-order valence-corrected chi connectivity index (χ0v) is 16.5. The van der Waals surface area contributed by atoms with Crippen LogP contribution in [0.15, 0.2) is 48.7 Å². The molecule has 2 N–H and O–H groups in total. The number of anilines is 1. The first-order chi connectivity index (χ1) is 13.9. The average Bonchev–Trinajstić information content (AvgIpc) is 3.21. The number of benzene rings is 2. The third kappa shape index (κ3) is 4.52. The zero-order chi connectivity index (χ0) is 21.0. The molecule has 0 aliphatic carbocycles. The molecule has 0 atom stereocenters. The first kappa shape index (κ1) is 20.3. The Labute approximate surface area is 170 Å². The summed E-state index contributed by atoms with van der Waals surface area (Å²) in [6.07, 6.45) is 0.358. The van der Waals surface area contributed by atoms with E-state index < -0.39 is 17.8 Å². The molecule has 150 valence electrons. The molecule has 9 heteroatoms. The van der Waals surface area contributed by atoms with Gasteiger partial charge >= 0.3 is 6.09 Å². The fourth-order valence-corrected chi connectivity index (χ4v) is 3.55. The quantitative estimate of drug-likeness (QED) is 0.635. The minimum atomic E-state index is -1.15. The Morgan fingerprint density at radius 3 is 2.59 bits per heavy atom. The minimum Gasteiger partial charge on any atom is -0.497 e. The number of ether oxygens (including phenoxy) is 1. The standard InChI is InChI=1S/C20H18FN3O4S/c1-22-18(25)15-9-13(5-8-16(15)21)17-10-23-19(29-17)24(20(26)27)11-12-3-6-14(28-2)7-4-12/h3-10H,11H2,1-2H3,(H,22,25)(H,26,27). The summed E-state index contributed by atoms with van der Waals surface area (Å²) in [6.45, 7) is 0.110. The summed E-state index contributed by atoms with van der Waals surface area (Å²) < 4.78 is 19.0. The van der Waals surface area contributed by atoms with Crippen molar-refractivity contribution in [2.75, 3.05) is 19.1 Å². The van der Waals surface area contributed by atoms with E-state index in [0.29, 0.717) is 16.2 Å². The number of nitrogens with one attached hydrogen (secondary N) is 1. The molecule has 3 rings (SSSR count). The van der Waals surface area contributed by atoms with Crippen LogP contribution in [0.5, 0.6) is 5.75 Å². The number of rotatable bonds is 6. The van der Waals surface area contributed by atoms with Gasteiger partial charge in [0.25, 0.3) is 5.91 Å². The maximum Gasteiger partial charge on any atom is 0.413 e. The Morgan fingerprint density at radius 2 is 1.97 bits per heavy atom. The smallest absolute Gasteiger partial charge is 0.413 e. The van der Waals surface area contributed by atoms with Crippen molar-refractivity contribution in [3.63, 3.8) is 0 Å². The molecule has 0 spiro atoms. The van der Waals surface area contributed by atoms with Crippen LogP contribution in [-0.2, 0) is 6.54 Å². The van der Waals surface area contributed by atoms with E-state index in [1.54, 1.807) is 31.4 Å². The Bertz CT molecular complexity index is 1040. The lowest BCUT2D eigenvalue weighted by molar-refractivity contribution is 0.0959. The van der Waals surface area contributed by atoms with Gasteiger partial charge in [-0.05, 0) is 35.4 Å². The predicted molar refractivity (Wildman–Crippen MR) is 108 cm³/mol. The maximum atomic E-state index is 13.9. The number of hydrogen-bond donors (Lipinski definition) is 2. The van der Waals surface area contributed by atoms with Crippen molar-refractivity contribution in [1.82, 2.24) is 10.3 Å². The summed E-state index contributed by atoms with van der Waals surface area (Å²) in [5.74, 6) is -0.499. The highest BCUT2D eigenvalue weighted by Crippen LogP contribution is 2.33. The van der Waals surface area contributed by atoms with Crippen LogP contribution in [0.2, 0.25) is 0 Å². The number of aromatic nitrogens is 1. The molecule has 0 unspecified atom stereocenters. The van der Waals surface area contributed by atoms with Crippen molar-refractivity contribution >= 4 is 28.5 Å². The molecule has 0 bridgehead atoms. The predicted octanol–water partition coefficient (Wildman–Crippen LogP) is 4.00. The number of carbonyl (C=O) groups is 2. The number of nitrogens with zero attached hydrogens (tertiary/aromatic N) is 2. The third-order valence-corrected chi connectivity index (χ3v) is 5.25. The lowest BCUT2D eigenvalue weighted by Crippen LogP contribution is -2.28. The lowest BCUT2D eigenvalue weighted by Gasteiger charge is -2.16. The molecule has 2 aromatic carbocycles. The van der Waals surface area contributed by atoms with Crippen LogP contribution in [0.4, 0.5) is 14.3 Å². The molecule has 0 saturated heterocycles. The number of methoxy groups -OCH3 is 1. The molecule has 0 aliphatic rings. The number of amides is 2. The van der Waals surface area contributed by atoms with Gasteiger partial charge in [-0.2, -0.15) is 0 Å². The van der Waals surface area contributed by atoms with Gasteiger partial charge in [0.15, 0.2) is 5.13 Å². The highest BCUT2D eigenvalue weighted by molar-refractivity contribution is 7.19. The van der Waals surface area contributed by atoms with Crippen LogP contribution < -0.4 is 15.0 Å². The van der Waals surface area contributed by atoms with Gasteiger partial charge in [-0.3, -0.25) is 4.79 Å². The number of hydrogen-bond acceptors (Lipinski definition) is 5. The second-order valence-corrected chi connectivity index (χ2v) is 7.01. The van der Waals surface area contributed by atoms with Gasteiger partial charge < -0.3 is 15.2 Å². The van der Waals surface area contributed by atoms with E-state index in [-0.39, 0.29) is 17.2 Å². The Hall–Kier alpha value is -3.46.